The summed E-state index contributed by atoms with van der Waals surface area (Å²) < 4.78 is 5.51. The standard InChI is InChI=1S/C14H12ClNO4/c15-13-5-2-6-14(16(18)19)12(13)9-20-11-4-1-3-10(7-11)8-17/h1-7,17H,8-9H2. The fourth-order valence-corrected chi connectivity index (χ4v) is 1.97. The topological polar surface area (TPSA) is 72.6 Å². The Morgan fingerprint density at radius 1 is 1.25 bits per heavy atom. The van der Waals surface area contributed by atoms with Gasteiger partial charge in [-0.15, -0.1) is 0 Å². The molecule has 0 aromatic heterocycles. The smallest absolute Gasteiger partial charge is 0.277 e. The quantitative estimate of drug-likeness (QED) is 0.678. The first kappa shape index (κ1) is 14.3. The highest BCUT2D eigenvalue weighted by Gasteiger charge is 2.17. The van der Waals surface area contributed by atoms with Gasteiger partial charge < -0.3 is 9.84 Å². The molecule has 20 heavy (non-hydrogen) atoms. The van der Waals surface area contributed by atoms with Crippen LogP contribution in [0.25, 0.3) is 0 Å². The van der Waals surface area contributed by atoms with E-state index in [1.54, 1.807) is 30.3 Å². The lowest BCUT2D eigenvalue weighted by atomic mass is 10.2. The Bertz CT molecular complexity index is 630. The lowest BCUT2D eigenvalue weighted by Gasteiger charge is -2.09. The highest BCUT2D eigenvalue weighted by molar-refractivity contribution is 6.31. The molecule has 0 atom stereocenters. The molecule has 1 N–H and O–H groups in total. The van der Waals surface area contributed by atoms with Crippen LogP contribution in [0.15, 0.2) is 42.5 Å². The Hall–Kier alpha value is -2.11. The maximum Gasteiger partial charge on any atom is 0.277 e. The van der Waals surface area contributed by atoms with Crippen LogP contribution in [0.4, 0.5) is 5.69 Å². The van der Waals surface area contributed by atoms with Gasteiger partial charge in [0.25, 0.3) is 5.69 Å². The summed E-state index contributed by atoms with van der Waals surface area (Å²) in [6.45, 7) is -0.103. The third-order valence-corrected chi connectivity index (χ3v) is 3.11. The van der Waals surface area contributed by atoms with Gasteiger partial charge in [-0.25, -0.2) is 0 Å². The van der Waals surface area contributed by atoms with Crippen molar-refractivity contribution in [2.24, 2.45) is 0 Å². The molecule has 0 amide bonds. The van der Waals surface area contributed by atoms with E-state index in [1.165, 1.54) is 12.1 Å². The van der Waals surface area contributed by atoms with Crippen molar-refractivity contribution in [1.29, 1.82) is 0 Å². The van der Waals surface area contributed by atoms with E-state index in [2.05, 4.69) is 0 Å². The first-order valence-electron chi connectivity index (χ1n) is 5.86. The Kier molecular flexibility index (Phi) is 4.55. The molecule has 5 nitrogen and oxygen atoms in total. The number of ether oxygens (including phenoxy) is 1. The van der Waals surface area contributed by atoms with E-state index in [0.29, 0.717) is 16.9 Å². The van der Waals surface area contributed by atoms with Crippen molar-refractivity contribution in [3.63, 3.8) is 0 Å². The number of nitrogens with zero attached hydrogens (tertiary/aromatic N) is 1. The van der Waals surface area contributed by atoms with E-state index in [4.69, 9.17) is 21.4 Å². The van der Waals surface area contributed by atoms with Gasteiger partial charge in [-0.3, -0.25) is 10.1 Å². The summed E-state index contributed by atoms with van der Waals surface area (Å²) in [4.78, 5) is 10.5. The van der Waals surface area contributed by atoms with E-state index in [9.17, 15) is 10.1 Å². The number of halogens is 1. The number of rotatable bonds is 5. The average Bonchev–Trinajstić information content (AvgIpc) is 2.45. The van der Waals surface area contributed by atoms with Crippen LogP contribution in [0.1, 0.15) is 11.1 Å². The SMILES string of the molecule is O=[N+]([O-])c1cccc(Cl)c1COc1cccc(CO)c1. The normalized spacial score (nSPS) is 10.3. The van der Waals surface area contributed by atoms with Gasteiger partial charge in [-0.1, -0.05) is 29.8 Å². The minimum absolute atomic E-state index is 0.00906. The first-order valence-corrected chi connectivity index (χ1v) is 6.24. The molecule has 2 rings (SSSR count). The van der Waals surface area contributed by atoms with Crippen molar-refractivity contribution in [3.8, 4) is 5.75 Å². The maximum atomic E-state index is 10.9. The minimum atomic E-state index is -0.491. The van der Waals surface area contributed by atoms with E-state index < -0.39 is 4.92 Å². The highest BCUT2D eigenvalue weighted by Crippen LogP contribution is 2.27. The predicted octanol–water partition coefficient (Wildman–Crippen LogP) is 3.32. The molecule has 0 unspecified atom stereocenters. The molecule has 104 valence electrons. The van der Waals surface area contributed by atoms with Crippen molar-refractivity contribution in [1.82, 2.24) is 0 Å². The monoisotopic (exact) mass is 293 g/mol. The second kappa shape index (κ2) is 6.36. The molecule has 2 aromatic rings. The van der Waals surface area contributed by atoms with E-state index >= 15 is 0 Å². The van der Waals surface area contributed by atoms with Crippen molar-refractivity contribution < 1.29 is 14.8 Å². The van der Waals surface area contributed by atoms with Gasteiger partial charge in [0.2, 0.25) is 0 Å². The van der Waals surface area contributed by atoms with Crippen LogP contribution < -0.4 is 4.74 Å². The van der Waals surface area contributed by atoms with Gasteiger partial charge >= 0.3 is 0 Å². The van der Waals surface area contributed by atoms with E-state index in [0.717, 1.165) is 0 Å². The fourth-order valence-electron chi connectivity index (χ4n) is 1.75. The maximum absolute atomic E-state index is 10.9. The molecule has 0 saturated carbocycles. The van der Waals surface area contributed by atoms with Gasteiger partial charge in [-0.05, 0) is 23.8 Å². The summed E-state index contributed by atoms with van der Waals surface area (Å²) in [6, 6.07) is 11.4. The van der Waals surface area contributed by atoms with Crippen LogP contribution in [-0.4, -0.2) is 10.0 Å². The van der Waals surface area contributed by atoms with Gasteiger partial charge in [0.1, 0.15) is 12.4 Å². The van der Waals surface area contributed by atoms with Crippen molar-refractivity contribution in [2.75, 3.05) is 0 Å². The molecule has 0 radical (unpaired) electrons. The number of nitro benzene ring substituents is 1. The Labute approximate surface area is 120 Å². The Morgan fingerprint density at radius 3 is 2.70 bits per heavy atom. The zero-order valence-corrected chi connectivity index (χ0v) is 11.2. The van der Waals surface area contributed by atoms with Crippen molar-refractivity contribution in [3.05, 3.63) is 68.7 Å². The molecule has 0 aliphatic carbocycles. The van der Waals surface area contributed by atoms with Gasteiger partial charge in [-0.2, -0.15) is 0 Å². The number of nitro groups is 1. The number of aliphatic hydroxyl groups excluding tert-OH is 1. The predicted molar refractivity (Wildman–Crippen MR) is 74.8 cm³/mol. The summed E-state index contributed by atoms with van der Waals surface area (Å²) >= 11 is 5.97. The summed E-state index contributed by atoms with van der Waals surface area (Å²) in [5.74, 6) is 0.519. The van der Waals surface area contributed by atoms with Crippen LogP contribution in [-0.2, 0) is 13.2 Å². The molecule has 0 bridgehead atoms. The second-order valence-corrected chi connectivity index (χ2v) is 4.50. The Balaban J connectivity index is 2.20. The third-order valence-electron chi connectivity index (χ3n) is 2.76. The number of aliphatic hydroxyl groups is 1. The van der Waals surface area contributed by atoms with Crippen LogP contribution in [0.3, 0.4) is 0 Å². The molecule has 0 aliphatic heterocycles. The molecule has 0 heterocycles. The van der Waals surface area contributed by atoms with Gasteiger partial charge in [0.15, 0.2) is 0 Å². The molecule has 2 aromatic carbocycles. The molecule has 0 fully saturated rings. The van der Waals surface area contributed by atoms with Crippen LogP contribution in [0.2, 0.25) is 5.02 Å². The Morgan fingerprint density at radius 2 is 2.00 bits per heavy atom. The first-order chi connectivity index (χ1) is 9.61. The van der Waals surface area contributed by atoms with Crippen LogP contribution in [0, 0.1) is 10.1 Å². The van der Waals surface area contributed by atoms with E-state index in [-0.39, 0.29) is 23.9 Å². The summed E-state index contributed by atoms with van der Waals surface area (Å²) in [5, 5.41) is 20.3. The van der Waals surface area contributed by atoms with Crippen LogP contribution >= 0.6 is 11.6 Å². The lowest BCUT2D eigenvalue weighted by molar-refractivity contribution is -0.385. The minimum Gasteiger partial charge on any atom is -0.489 e. The average molecular weight is 294 g/mol. The van der Waals surface area contributed by atoms with Gasteiger partial charge in [0, 0.05) is 6.07 Å². The molecular formula is C14H12ClNO4. The summed E-state index contributed by atoms with van der Waals surface area (Å²) in [5.41, 5.74) is 0.959. The molecule has 6 heteroatoms. The summed E-state index contributed by atoms with van der Waals surface area (Å²) in [7, 11) is 0. The number of hydrogen-bond donors (Lipinski definition) is 1. The zero-order chi connectivity index (χ0) is 14.5. The highest BCUT2D eigenvalue weighted by atomic mass is 35.5. The van der Waals surface area contributed by atoms with Gasteiger partial charge in [0.05, 0.1) is 22.1 Å². The molecule has 0 spiro atoms. The fraction of sp³-hybridized carbons (Fsp3) is 0.143. The lowest BCUT2D eigenvalue weighted by Crippen LogP contribution is -2.01. The number of benzene rings is 2. The largest absolute Gasteiger partial charge is 0.489 e. The van der Waals surface area contributed by atoms with Crippen LogP contribution in [0.5, 0.6) is 5.75 Å². The van der Waals surface area contributed by atoms with Crippen molar-refractivity contribution >= 4 is 17.3 Å². The molecular weight excluding hydrogens is 282 g/mol. The van der Waals surface area contributed by atoms with Crippen molar-refractivity contribution in [2.45, 2.75) is 13.2 Å². The zero-order valence-electron chi connectivity index (χ0n) is 10.5. The summed E-state index contributed by atoms with van der Waals surface area (Å²) in [6.07, 6.45) is 0. The third kappa shape index (κ3) is 3.26. The number of hydrogen-bond acceptors (Lipinski definition) is 4. The van der Waals surface area contributed by atoms with E-state index in [1.807, 2.05) is 0 Å². The molecule has 0 aliphatic rings. The second-order valence-electron chi connectivity index (χ2n) is 4.09. The molecule has 0 saturated heterocycles.